The van der Waals surface area contributed by atoms with Crippen LogP contribution in [0.1, 0.15) is 47.0 Å². The molecule has 2 aliphatic rings. The highest BCUT2D eigenvalue weighted by atomic mass is 16.5. The minimum atomic E-state index is -0.405. The summed E-state index contributed by atoms with van der Waals surface area (Å²) in [4.78, 5) is 24.3. The Morgan fingerprint density at radius 1 is 1.11 bits per heavy atom. The molecule has 0 saturated heterocycles. The van der Waals surface area contributed by atoms with Gasteiger partial charge < -0.3 is 9.47 Å². The average Bonchev–Trinajstić information content (AvgIpc) is 2.85. The Morgan fingerprint density at radius 3 is 2.32 bits per heavy atom. The second-order valence-electron chi connectivity index (χ2n) is 5.94. The molecule has 0 heterocycles. The number of carbonyl (C=O) groups excluding carboxylic acids is 2. The molecule has 1 fully saturated rings. The summed E-state index contributed by atoms with van der Waals surface area (Å²) in [5.74, 6) is -0.781. The van der Waals surface area contributed by atoms with Gasteiger partial charge in [0.25, 0.3) is 0 Å². The van der Waals surface area contributed by atoms with Crippen LogP contribution in [0.2, 0.25) is 0 Å². The highest BCUT2D eigenvalue weighted by molar-refractivity contribution is 5.98. The summed E-state index contributed by atoms with van der Waals surface area (Å²) >= 11 is 0. The topological polar surface area (TPSA) is 52.6 Å². The van der Waals surface area contributed by atoms with Crippen LogP contribution in [0.4, 0.5) is 0 Å². The van der Waals surface area contributed by atoms with Gasteiger partial charge in [-0.15, -0.1) is 0 Å². The summed E-state index contributed by atoms with van der Waals surface area (Å²) in [6.07, 6.45) is 2.42. The lowest BCUT2D eigenvalue weighted by atomic mass is 9.86. The SMILES string of the molecule is CC(C)OC(=O)C1=C2CCC(C2)C1C(=O)OC(C)C. The van der Waals surface area contributed by atoms with Crippen LogP contribution in [0.3, 0.4) is 0 Å². The number of fused-ring (bicyclic) bond motifs is 2. The Kier molecular flexibility index (Phi) is 3.97. The Morgan fingerprint density at radius 2 is 1.74 bits per heavy atom. The number of carbonyl (C=O) groups is 2. The fourth-order valence-corrected chi connectivity index (χ4v) is 3.03. The molecule has 0 aromatic carbocycles. The van der Waals surface area contributed by atoms with Gasteiger partial charge in [0.15, 0.2) is 0 Å². The van der Waals surface area contributed by atoms with Gasteiger partial charge in [-0.1, -0.05) is 5.57 Å². The number of rotatable bonds is 4. The van der Waals surface area contributed by atoms with Gasteiger partial charge in [0.1, 0.15) is 0 Å². The number of hydrogen-bond donors (Lipinski definition) is 0. The van der Waals surface area contributed by atoms with Crippen molar-refractivity contribution in [3.8, 4) is 0 Å². The van der Waals surface area contributed by atoms with Crippen LogP contribution in [-0.4, -0.2) is 24.1 Å². The lowest BCUT2D eigenvalue weighted by Crippen LogP contribution is -2.31. The summed E-state index contributed by atoms with van der Waals surface area (Å²) in [5, 5.41) is 0. The largest absolute Gasteiger partial charge is 0.462 e. The number of hydrogen-bond acceptors (Lipinski definition) is 4. The zero-order valence-corrected chi connectivity index (χ0v) is 12.1. The zero-order valence-electron chi connectivity index (χ0n) is 12.1. The predicted molar refractivity (Wildman–Crippen MR) is 70.3 cm³/mol. The quantitative estimate of drug-likeness (QED) is 0.734. The molecule has 2 atom stereocenters. The predicted octanol–water partition coefficient (Wildman–Crippen LogP) is 2.62. The molecule has 0 spiro atoms. The number of allylic oxidation sites excluding steroid dienone is 1. The smallest absolute Gasteiger partial charge is 0.335 e. The van der Waals surface area contributed by atoms with E-state index >= 15 is 0 Å². The van der Waals surface area contributed by atoms with E-state index in [0.717, 1.165) is 24.8 Å². The van der Waals surface area contributed by atoms with E-state index in [-0.39, 0.29) is 30.1 Å². The minimum Gasteiger partial charge on any atom is -0.462 e. The molecular weight excluding hydrogens is 244 g/mol. The van der Waals surface area contributed by atoms with E-state index < -0.39 is 5.92 Å². The van der Waals surface area contributed by atoms with Crippen molar-refractivity contribution in [1.82, 2.24) is 0 Å². The molecule has 2 aliphatic carbocycles. The highest BCUT2D eigenvalue weighted by Crippen LogP contribution is 2.49. The van der Waals surface area contributed by atoms with E-state index in [9.17, 15) is 9.59 Å². The zero-order chi connectivity index (χ0) is 14.2. The third-order valence-corrected chi connectivity index (χ3v) is 3.66. The van der Waals surface area contributed by atoms with Crippen molar-refractivity contribution in [1.29, 1.82) is 0 Å². The van der Waals surface area contributed by atoms with Crippen molar-refractivity contribution in [3.05, 3.63) is 11.1 Å². The molecule has 0 radical (unpaired) electrons. The third-order valence-electron chi connectivity index (χ3n) is 3.66. The summed E-state index contributed by atoms with van der Waals surface area (Å²) in [7, 11) is 0. The first-order chi connectivity index (χ1) is 8.90. The second kappa shape index (κ2) is 5.35. The fourth-order valence-electron chi connectivity index (χ4n) is 3.03. The molecule has 19 heavy (non-hydrogen) atoms. The van der Waals surface area contributed by atoms with Crippen molar-refractivity contribution in [3.63, 3.8) is 0 Å². The Bertz CT molecular complexity index is 420. The lowest BCUT2D eigenvalue weighted by Gasteiger charge is -2.23. The van der Waals surface area contributed by atoms with Crippen molar-refractivity contribution >= 4 is 11.9 Å². The first-order valence-corrected chi connectivity index (χ1v) is 7.03. The van der Waals surface area contributed by atoms with Crippen LogP contribution in [0.5, 0.6) is 0 Å². The molecule has 106 valence electrons. The van der Waals surface area contributed by atoms with Gasteiger partial charge in [-0.05, 0) is 52.9 Å². The summed E-state index contributed by atoms with van der Waals surface area (Å²) in [5.41, 5.74) is 1.68. The van der Waals surface area contributed by atoms with Crippen LogP contribution in [0.15, 0.2) is 11.1 Å². The molecule has 0 aromatic heterocycles. The first-order valence-electron chi connectivity index (χ1n) is 7.03. The van der Waals surface area contributed by atoms with Crippen molar-refractivity contribution in [2.24, 2.45) is 11.8 Å². The molecule has 0 N–H and O–H groups in total. The van der Waals surface area contributed by atoms with E-state index in [1.807, 2.05) is 27.7 Å². The standard InChI is InChI=1S/C15H22O4/c1-8(2)18-14(16)12-10-5-6-11(7-10)13(12)15(17)19-9(3)4/h8-10,12H,5-7H2,1-4H3. The van der Waals surface area contributed by atoms with Gasteiger partial charge in [-0.25, -0.2) is 4.79 Å². The monoisotopic (exact) mass is 266 g/mol. The van der Waals surface area contributed by atoms with Gasteiger partial charge in [-0.2, -0.15) is 0 Å². The Labute approximate surface area is 114 Å². The van der Waals surface area contributed by atoms with Crippen LogP contribution in [0, 0.1) is 11.8 Å². The van der Waals surface area contributed by atoms with Crippen molar-refractivity contribution < 1.29 is 19.1 Å². The molecule has 0 aromatic rings. The molecule has 4 nitrogen and oxygen atoms in total. The molecule has 0 aliphatic heterocycles. The summed E-state index contributed by atoms with van der Waals surface area (Å²) < 4.78 is 10.6. The highest BCUT2D eigenvalue weighted by Gasteiger charge is 2.47. The lowest BCUT2D eigenvalue weighted by molar-refractivity contribution is -0.156. The second-order valence-corrected chi connectivity index (χ2v) is 5.94. The van der Waals surface area contributed by atoms with E-state index in [4.69, 9.17) is 9.47 Å². The molecule has 0 amide bonds. The molecular formula is C15H22O4. The van der Waals surface area contributed by atoms with Gasteiger partial charge >= 0.3 is 11.9 Å². The number of ether oxygens (including phenoxy) is 2. The van der Waals surface area contributed by atoms with Gasteiger partial charge in [0, 0.05) is 0 Å². The maximum atomic E-state index is 12.2. The Balaban J connectivity index is 2.19. The fraction of sp³-hybridized carbons (Fsp3) is 0.733. The first kappa shape index (κ1) is 14.1. The molecule has 1 saturated carbocycles. The average molecular weight is 266 g/mol. The molecule has 4 heteroatoms. The normalized spacial score (nSPS) is 25.4. The minimum absolute atomic E-state index is 0.154. The van der Waals surface area contributed by atoms with E-state index in [2.05, 4.69) is 0 Å². The van der Waals surface area contributed by atoms with Crippen molar-refractivity contribution in [2.45, 2.75) is 59.2 Å². The van der Waals surface area contributed by atoms with Gasteiger partial charge in [0.05, 0.1) is 23.7 Å². The Hall–Kier alpha value is -1.32. The van der Waals surface area contributed by atoms with Gasteiger partial charge in [0.2, 0.25) is 0 Å². The van der Waals surface area contributed by atoms with E-state index in [0.29, 0.717) is 5.57 Å². The van der Waals surface area contributed by atoms with Crippen LogP contribution in [0.25, 0.3) is 0 Å². The maximum Gasteiger partial charge on any atom is 0.335 e. The molecule has 2 rings (SSSR count). The maximum absolute atomic E-state index is 12.2. The summed E-state index contributed by atoms with van der Waals surface area (Å²) in [6, 6.07) is 0. The van der Waals surface area contributed by atoms with E-state index in [1.54, 1.807) is 0 Å². The number of esters is 2. The van der Waals surface area contributed by atoms with Crippen LogP contribution in [-0.2, 0) is 19.1 Å². The van der Waals surface area contributed by atoms with E-state index in [1.165, 1.54) is 0 Å². The molecule has 2 unspecified atom stereocenters. The summed E-state index contributed by atoms with van der Waals surface area (Å²) in [6.45, 7) is 7.28. The third kappa shape index (κ3) is 2.82. The van der Waals surface area contributed by atoms with Crippen LogP contribution < -0.4 is 0 Å². The van der Waals surface area contributed by atoms with Crippen molar-refractivity contribution in [2.75, 3.05) is 0 Å². The van der Waals surface area contributed by atoms with Gasteiger partial charge in [-0.3, -0.25) is 4.79 Å². The van der Waals surface area contributed by atoms with Crippen LogP contribution >= 0.6 is 0 Å². The molecule has 2 bridgehead atoms.